The van der Waals surface area contributed by atoms with E-state index < -0.39 is 0 Å². The fourth-order valence-corrected chi connectivity index (χ4v) is 4.62. The highest BCUT2D eigenvalue weighted by atomic mass is 16.5. The minimum Gasteiger partial charge on any atom is -0.378 e. The Hall–Kier alpha value is -2.90. The van der Waals surface area contributed by atoms with Crippen LogP contribution < -0.4 is 10.2 Å². The average Bonchev–Trinajstić information content (AvgIpc) is 3.32. The Labute approximate surface area is 196 Å². The van der Waals surface area contributed by atoms with Crippen LogP contribution in [-0.2, 0) is 20.9 Å². The van der Waals surface area contributed by atoms with Gasteiger partial charge in [0.2, 0.25) is 11.8 Å². The molecule has 176 valence electrons. The second kappa shape index (κ2) is 11.3. The Bertz CT molecular complexity index is 913. The van der Waals surface area contributed by atoms with Crippen LogP contribution in [0.3, 0.4) is 0 Å². The normalized spacial score (nSPS) is 18.8. The minimum atomic E-state index is -0.170. The molecule has 2 amide bonds. The van der Waals surface area contributed by atoms with Crippen molar-refractivity contribution in [2.75, 3.05) is 56.2 Å². The Kier molecular flexibility index (Phi) is 7.96. The lowest BCUT2D eigenvalue weighted by atomic mass is 10.1. The van der Waals surface area contributed by atoms with Crippen LogP contribution in [0, 0.1) is 0 Å². The van der Waals surface area contributed by atoms with Crippen LogP contribution in [0.15, 0.2) is 54.6 Å². The molecule has 7 nitrogen and oxygen atoms in total. The van der Waals surface area contributed by atoms with E-state index in [0.717, 1.165) is 63.6 Å². The molecule has 2 aliphatic rings. The molecule has 2 saturated heterocycles. The van der Waals surface area contributed by atoms with E-state index >= 15 is 0 Å². The van der Waals surface area contributed by atoms with Crippen LogP contribution in [0.1, 0.15) is 25.3 Å². The summed E-state index contributed by atoms with van der Waals surface area (Å²) in [6.07, 6.45) is 1.84. The number of nitrogens with zero attached hydrogens (tertiary/aromatic N) is 3. The van der Waals surface area contributed by atoms with E-state index in [-0.39, 0.29) is 24.4 Å². The third-order valence-electron chi connectivity index (χ3n) is 6.43. The summed E-state index contributed by atoms with van der Waals surface area (Å²) in [5.41, 5.74) is 3.08. The Morgan fingerprint density at radius 1 is 1.03 bits per heavy atom. The average molecular weight is 451 g/mol. The largest absolute Gasteiger partial charge is 0.378 e. The van der Waals surface area contributed by atoms with Crippen LogP contribution in [0.2, 0.25) is 0 Å². The Balaban J connectivity index is 1.32. The van der Waals surface area contributed by atoms with Gasteiger partial charge in [0.05, 0.1) is 25.8 Å². The van der Waals surface area contributed by atoms with Crippen molar-refractivity contribution in [3.05, 3.63) is 60.2 Å². The molecule has 2 aromatic carbocycles. The molecule has 4 rings (SSSR count). The van der Waals surface area contributed by atoms with Gasteiger partial charge >= 0.3 is 0 Å². The van der Waals surface area contributed by atoms with Gasteiger partial charge in [-0.1, -0.05) is 30.3 Å². The molecule has 0 aromatic heterocycles. The molecule has 0 aliphatic carbocycles. The summed E-state index contributed by atoms with van der Waals surface area (Å²) in [4.78, 5) is 32.2. The number of benzene rings is 2. The molecule has 0 spiro atoms. The van der Waals surface area contributed by atoms with E-state index in [4.69, 9.17) is 4.74 Å². The number of likely N-dealkylation sites (N-methyl/N-ethyl adjacent to an activating group) is 1. The predicted octanol–water partition coefficient (Wildman–Crippen LogP) is 2.97. The van der Waals surface area contributed by atoms with Crippen molar-refractivity contribution in [1.29, 1.82) is 0 Å². The maximum absolute atomic E-state index is 13.3. The fourth-order valence-electron chi connectivity index (χ4n) is 4.62. The van der Waals surface area contributed by atoms with Crippen LogP contribution in [-0.4, -0.2) is 73.6 Å². The number of hydrogen-bond acceptors (Lipinski definition) is 5. The number of rotatable bonds is 8. The molecule has 2 aromatic rings. The molecule has 33 heavy (non-hydrogen) atoms. The molecule has 2 heterocycles. The van der Waals surface area contributed by atoms with E-state index in [1.54, 1.807) is 4.90 Å². The maximum atomic E-state index is 13.3. The van der Waals surface area contributed by atoms with E-state index in [1.165, 1.54) is 5.56 Å². The number of morpholine rings is 1. The highest BCUT2D eigenvalue weighted by Crippen LogP contribution is 2.22. The molecular weight excluding hydrogens is 416 g/mol. The van der Waals surface area contributed by atoms with Crippen molar-refractivity contribution in [2.45, 2.75) is 32.4 Å². The van der Waals surface area contributed by atoms with Gasteiger partial charge in [-0.25, -0.2) is 0 Å². The van der Waals surface area contributed by atoms with E-state index in [0.29, 0.717) is 6.54 Å². The van der Waals surface area contributed by atoms with Gasteiger partial charge in [-0.15, -0.1) is 0 Å². The van der Waals surface area contributed by atoms with Crippen LogP contribution >= 0.6 is 0 Å². The lowest BCUT2D eigenvalue weighted by Crippen LogP contribution is -2.47. The minimum absolute atomic E-state index is 0.0451. The zero-order valence-electron chi connectivity index (χ0n) is 19.4. The summed E-state index contributed by atoms with van der Waals surface area (Å²) in [5, 5.41) is 2.94. The topological polar surface area (TPSA) is 65.1 Å². The molecule has 0 saturated carbocycles. The first-order valence-corrected chi connectivity index (χ1v) is 11.9. The SMILES string of the molecule is CCN(CC(=O)Nc1ccc(N2CCOCC2)cc1)C(=O)C1CCCN1Cc1ccccc1. The number of ether oxygens (including phenoxy) is 1. The number of likely N-dealkylation sites (tertiary alicyclic amines) is 1. The third kappa shape index (κ3) is 6.12. The monoisotopic (exact) mass is 450 g/mol. The summed E-state index contributed by atoms with van der Waals surface area (Å²) in [6, 6.07) is 17.9. The Morgan fingerprint density at radius 3 is 2.45 bits per heavy atom. The summed E-state index contributed by atoms with van der Waals surface area (Å²) in [6.45, 7) is 7.41. The van der Waals surface area contributed by atoms with Gasteiger partial charge in [0.25, 0.3) is 0 Å². The second-order valence-electron chi connectivity index (χ2n) is 8.66. The van der Waals surface area contributed by atoms with Crippen molar-refractivity contribution >= 4 is 23.2 Å². The van der Waals surface area contributed by atoms with Crippen molar-refractivity contribution in [2.24, 2.45) is 0 Å². The molecule has 1 unspecified atom stereocenters. The zero-order chi connectivity index (χ0) is 23.0. The molecular formula is C26H34N4O3. The number of nitrogens with one attached hydrogen (secondary N) is 1. The fraction of sp³-hybridized carbons (Fsp3) is 0.462. The van der Waals surface area contributed by atoms with Gasteiger partial charge in [0.15, 0.2) is 0 Å². The van der Waals surface area contributed by atoms with Crippen LogP contribution in [0.4, 0.5) is 11.4 Å². The van der Waals surface area contributed by atoms with Gasteiger partial charge in [0, 0.05) is 37.6 Å². The lowest BCUT2D eigenvalue weighted by molar-refractivity contribution is -0.138. The number of carbonyl (C=O) groups excluding carboxylic acids is 2. The first kappa shape index (κ1) is 23.3. The van der Waals surface area contributed by atoms with Gasteiger partial charge in [-0.2, -0.15) is 0 Å². The predicted molar refractivity (Wildman–Crippen MR) is 130 cm³/mol. The van der Waals surface area contributed by atoms with Crippen molar-refractivity contribution < 1.29 is 14.3 Å². The number of amides is 2. The molecule has 1 atom stereocenters. The third-order valence-corrected chi connectivity index (χ3v) is 6.43. The highest BCUT2D eigenvalue weighted by molar-refractivity contribution is 5.95. The van der Waals surface area contributed by atoms with E-state index in [2.05, 4.69) is 27.2 Å². The lowest BCUT2D eigenvalue weighted by Gasteiger charge is -2.29. The quantitative estimate of drug-likeness (QED) is 0.670. The van der Waals surface area contributed by atoms with Gasteiger partial charge < -0.3 is 19.9 Å². The number of anilines is 2. The van der Waals surface area contributed by atoms with E-state index in [9.17, 15) is 9.59 Å². The first-order valence-electron chi connectivity index (χ1n) is 11.9. The second-order valence-corrected chi connectivity index (χ2v) is 8.66. The number of carbonyl (C=O) groups is 2. The maximum Gasteiger partial charge on any atom is 0.243 e. The van der Waals surface area contributed by atoms with Gasteiger partial charge in [0.1, 0.15) is 0 Å². The van der Waals surface area contributed by atoms with Crippen molar-refractivity contribution in [3.8, 4) is 0 Å². The first-order chi connectivity index (χ1) is 16.1. The van der Waals surface area contributed by atoms with Crippen molar-refractivity contribution in [1.82, 2.24) is 9.80 Å². The smallest absolute Gasteiger partial charge is 0.243 e. The Morgan fingerprint density at radius 2 is 1.76 bits per heavy atom. The molecule has 7 heteroatoms. The number of hydrogen-bond donors (Lipinski definition) is 1. The van der Waals surface area contributed by atoms with E-state index in [1.807, 2.05) is 49.4 Å². The summed E-state index contributed by atoms with van der Waals surface area (Å²) in [5.74, 6) is -0.124. The summed E-state index contributed by atoms with van der Waals surface area (Å²) < 4.78 is 5.40. The molecule has 2 fully saturated rings. The molecule has 1 N–H and O–H groups in total. The van der Waals surface area contributed by atoms with Crippen molar-refractivity contribution in [3.63, 3.8) is 0 Å². The van der Waals surface area contributed by atoms with Crippen LogP contribution in [0.5, 0.6) is 0 Å². The molecule has 2 aliphatic heterocycles. The molecule has 0 radical (unpaired) electrons. The van der Waals surface area contributed by atoms with Gasteiger partial charge in [-0.05, 0) is 56.1 Å². The standard InChI is InChI=1S/C26H34N4O3/c1-2-28(26(32)24-9-6-14-30(24)19-21-7-4-3-5-8-21)20-25(31)27-22-10-12-23(13-11-22)29-15-17-33-18-16-29/h3-5,7-8,10-13,24H,2,6,9,14-20H2,1H3,(H,27,31). The zero-order valence-corrected chi connectivity index (χ0v) is 19.4. The summed E-state index contributed by atoms with van der Waals surface area (Å²) >= 11 is 0. The molecule has 0 bridgehead atoms. The summed E-state index contributed by atoms with van der Waals surface area (Å²) in [7, 11) is 0. The van der Waals surface area contributed by atoms with Crippen LogP contribution in [0.25, 0.3) is 0 Å². The highest BCUT2D eigenvalue weighted by Gasteiger charge is 2.33. The van der Waals surface area contributed by atoms with Gasteiger partial charge in [-0.3, -0.25) is 14.5 Å².